The highest BCUT2D eigenvalue weighted by Crippen LogP contribution is 2.16. The maximum Gasteiger partial charge on any atom is 0.248 e. The summed E-state index contributed by atoms with van der Waals surface area (Å²) in [4.78, 5) is 11.3. The Morgan fingerprint density at radius 1 is 1.41 bits per heavy atom. The zero-order valence-electron chi connectivity index (χ0n) is 9.55. The Bertz CT molecular complexity index is 543. The lowest BCUT2D eigenvalue weighted by molar-refractivity contribution is -0.111. The lowest BCUT2D eigenvalue weighted by Crippen LogP contribution is -2.11. The Kier molecular flexibility index (Phi) is 3.05. The number of rotatable bonds is 3. The first kappa shape index (κ1) is 11.1. The smallest absolute Gasteiger partial charge is 0.248 e. The monoisotopic (exact) mass is 227 g/mol. The molecular weight excluding hydrogens is 214 g/mol. The highest BCUT2D eigenvalue weighted by molar-refractivity contribution is 5.98. The summed E-state index contributed by atoms with van der Waals surface area (Å²) in [6.45, 7) is 5.30. The lowest BCUT2D eigenvalue weighted by atomic mass is 10.3. The van der Waals surface area contributed by atoms with Gasteiger partial charge in [0.25, 0.3) is 0 Å². The van der Waals surface area contributed by atoms with Crippen LogP contribution in [0.5, 0.6) is 0 Å². The molecule has 2 aromatic rings. The number of aromatic nitrogens is 2. The number of hydrogen-bond acceptors (Lipinski definition) is 2. The number of amides is 1. The molecule has 0 unspecified atom stereocenters. The molecule has 0 bridgehead atoms. The first-order valence-corrected chi connectivity index (χ1v) is 5.26. The Balaban J connectivity index is 2.40. The van der Waals surface area contributed by atoms with Crippen LogP contribution in [0.3, 0.4) is 0 Å². The topological polar surface area (TPSA) is 46.9 Å². The molecule has 4 heteroatoms. The Morgan fingerprint density at radius 2 is 2.12 bits per heavy atom. The Labute approximate surface area is 99.6 Å². The van der Waals surface area contributed by atoms with E-state index in [1.54, 1.807) is 4.68 Å². The molecule has 0 aliphatic rings. The second-order valence-electron chi connectivity index (χ2n) is 3.61. The summed E-state index contributed by atoms with van der Waals surface area (Å²) in [7, 11) is 0. The van der Waals surface area contributed by atoms with Crippen molar-refractivity contribution < 1.29 is 4.79 Å². The molecule has 86 valence electrons. The normalized spacial score (nSPS) is 9.94. The van der Waals surface area contributed by atoms with Crippen LogP contribution in [-0.2, 0) is 4.79 Å². The number of nitrogens with one attached hydrogen (secondary N) is 1. The second kappa shape index (κ2) is 4.65. The van der Waals surface area contributed by atoms with E-state index in [0.29, 0.717) is 5.82 Å². The first-order chi connectivity index (χ1) is 8.20. The minimum atomic E-state index is -0.248. The van der Waals surface area contributed by atoms with Crippen LogP contribution in [0.2, 0.25) is 0 Å². The van der Waals surface area contributed by atoms with Gasteiger partial charge in [-0.05, 0) is 25.1 Å². The minimum Gasteiger partial charge on any atom is -0.307 e. The van der Waals surface area contributed by atoms with Gasteiger partial charge in [0.1, 0.15) is 5.82 Å². The molecule has 1 aromatic heterocycles. The van der Waals surface area contributed by atoms with E-state index in [2.05, 4.69) is 17.0 Å². The van der Waals surface area contributed by atoms with Crippen LogP contribution in [0.1, 0.15) is 5.69 Å². The fourth-order valence-corrected chi connectivity index (χ4v) is 1.53. The zero-order valence-corrected chi connectivity index (χ0v) is 9.55. The van der Waals surface area contributed by atoms with Gasteiger partial charge in [-0.25, -0.2) is 4.68 Å². The van der Waals surface area contributed by atoms with Gasteiger partial charge >= 0.3 is 0 Å². The van der Waals surface area contributed by atoms with Gasteiger partial charge in [0.15, 0.2) is 0 Å². The van der Waals surface area contributed by atoms with Crippen molar-refractivity contribution in [1.29, 1.82) is 0 Å². The molecule has 1 heterocycles. The van der Waals surface area contributed by atoms with Gasteiger partial charge < -0.3 is 5.32 Å². The van der Waals surface area contributed by atoms with Crippen molar-refractivity contribution in [2.75, 3.05) is 5.32 Å². The summed E-state index contributed by atoms with van der Waals surface area (Å²) in [5, 5.41) is 7.06. The van der Waals surface area contributed by atoms with Gasteiger partial charge in [0, 0.05) is 6.07 Å². The maximum absolute atomic E-state index is 11.3. The average molecular weight is 227 g/mol. The molecule has 2 rings (SSSR count). The van der Waals surface area contributed by atoms with Crippen molar-refractivity contribution in [3.63, 3.8) is 0 Å². The summed E-state index contributed by atoms with van der Waals surface area (Å²) >= 11 is 0. The van der Waals surface area contributed by atoms with Gasteiger partial charge in [0.2, 0.25) is 5.91 Å². The van der Waals surface area contributed by atoms with E-state index >= 15 is 0 Å². The van der Waals surface area contributed by atoms with E-state index in [0.717, 1.165) is 11.4 Å². The lowest BCUT2D eigenvalue weighted by Gasteiger charge is -2.06. The van der Waals surface area contributed by atoms with Crippen LogP contribution in [0.4, 0.5) is 5.82 Å². The largest absolute Gasteiger partial charge is 0.307 e. The third kappa shape index (κ3) is 2.42. The summed E-state index contributed by atoms with van der Waals surface area (Å²) < 4.78 is 1.69. The Hall–Kier alpha value is -2.36. The summed E-state index contributed by atoms with van der Waals surface area (Å²) in [6, 6.07) is 11.4. The minimum absolute atomic E-state index is 0.248. The molecule has 1 amide bonds. The quantitative estimate of drug-likeness (QED) is 0.818. The molecule has 0 spiro atoms. The van der Waals surface area contributed by atoms with Gasteiger partial charge in [-0.15, -0.1) is 0 Å². The van der Waals surface area contributed by atoms with Gasteiger partial charge in [0.05, 0.1) is 11.4 Å². The van der Waals surface area contributed by atoms with Crippen LogP contribution in [0, 0.1) is 6.92 Å². The van der Waals surface area contributed by atoms with Gasteiger partial charge in [-0.2, -0.15) is 5.10 Å². The number of carbonyl (C=O) groups excluding carboxylic acids is 1. The number of anilines is 1. The van der Waals surface area contributed by atoms with Crippen molar-refractivity contribution in [3.05, 3.63) is 54.7 Å². The summed E-state index contributed by atoms with van der Waals surface area (Å²) in [6.07, 6.45) is 1.23. The average Bonchev–Trinajstić information content (AvgIpc) is 2.71. The van der Waals surface area contributed by atoms with Crippen LogP contribution in [-0.4, -0.2) is 15.7 Å². The highest BCUT2D eigenvalue weighted by Gasteiger charge is 2.08. The standard InChI is InChI=1S/C13H13N3O/c1-3-13(17)14-12-9-10(2)15-16(12)11-7-5-4-6-8-11/h3-9H,1H2,2H3,(H,14,17). The third-order valence-electron chi connectivity index (χ3n) is 2.27. The highest BCUT2D eigenvalue weighted by atomic mass is 16.1. The van der Waals surface area contributed by atoms with E-state index in [9.17, 15) is 4.79 Å². The molecule has 0 atom stereocenters. The fraction of sp³-hybridized carbons (Fsp3) is 0.0769. The molecule has 0 aliphatic heterocycles. The van der Waals surface area contributed by atoms with Crippen LogP contribution in [0.15, 0.2) is 49.1 Å². The maximum atomic E-state index is 11.3. The fourth-order valence-electron chi connectivity index (χ4n) is 1.53. The number of aryl methyl sites for hydroxylation is 1. The van der Waals surface area contributed by atoms with Crippen molar-refractivity contribution in [2.45, 2.75) is 6.92 Å². The van der Waals surface area contributed by atoms with E-state index < -0.39 is 0 Å². The van der Waals surface area contributed by atoms with E-state index in [1.165, 1.54) is 6.08 Å². The molecule has 0 saturated heterocycles. The number of carbonyl (C=O) groups is 1. The Morgan fingerprint density at radius 3 is 2.76 bits per heavy atom. The number of benzene rings is 1. The van der Waals surface area contributed by atoms with Crippen LogP contribution in [0.25, 0.3) is 5.69 Å². The van der Waals surface area contributed by atoms with Crippen LogP contribution >= 0.6 is 0 Å². The molecule has 17 heavy (non-hydrogen) atoms. The van der Waals surface area contributed by atoms with E-state index in [4.69, 9.17) is 0 Å². The number of para-hydroxylation sites is 1. The molecule has 1 aromatic carbocycles. The first-order valence-electron chi connectivity index (χ1n) is 5.26. The van der Waals surface area contributed by atoms with Gasteiger partial charge in [-0.1, -0.05) is 24.8 Å². The van der Waals surface area contributed by atoms with Crippen molar-refractivity contribution in [2.24, 2.45) is 0 Å². The van der Waals surface area contributed by atoms with Crippen molar-refractivity contribution in [3.8, 4) is 5.69 Å². The molecular formula is C13H13N3O. The second-order valence-corrected chi connectivity index (χ2v) is 3.61. The zero-order chi connectivity index (χ0) is 12.3. The van der Waals surface area contributed by atoms with Crippen LogP contribution < -0.4 is 5.32 Å². The summed E-state index contributed by atoms with van der Waals surface area (Å²) in [5.74, 6) is 0.390. The number of hydrogen-bond donors (Lipinski definition) is 1. The predicted molar refractivity (Wildman–Crippen MR) is 67.1 cm³/mol. The predicted octanol–water partition coefficient (Wildman–Crippen LogP) is 2.31. The number of nitrogens with zero attached hydrogens (tertiary/aromatic N) is 2. The molecule has 1 N–H and O–H groups in total. The molecule has 4 nitrogen and oxygen atoms in total. The van der Waals surface area contributed by atoms with Gasteiger partial charge in [-0.3, -0.25) is 4.79 Å². The summed E-state index contributed by atoms with van der Waals surface area (Å²) in [5.41, 5.74) is 1.74. The third-order valence-corrected chi connectivity index (χ3v) is 2.27. The molecule has 0 saturated carbocycles. The van der Waals surface area contributed by atoms with E-state index in [-0.39, 0.29) is 5.91 Å². The molecule has 0 radical (unpaired) electrons. The van der Waals surface area contributed by atoms with E-state index in [1.807, 2.05) is 43.3 Å². The molecule has 0 fully saturated rings. The SMILES string of the molecule is C=CC(=O)Nc1cc(C)nn1-c1ccccc1. The van der Waals surface area contributed by atoms with Crippen molar-refractivity contribution in [1.82, 2.24) is 9.78 Å². The van der Waals surface area contributed by atoms with Crippen molar-refractivity contribution >= 4 is 11.7 Å². The molecule has 0 aliphatic carbocycles.